The van der Waals surface area contributed by atoms with Crippen molar-refractivity contribution in [3.05, 3.63) is 29.3 Å². The summed E-state index contributed by atoms with van der Waals surface area (Å²) in [6.45, 7) is 2.03. The fourth-order valence-corrected chi connectivity index (χ4v) is 2.34. The lowest BCUT2D eigenvalue weighted by molar-refractivity contribution is 0.204. The zero-order valence-electron chi connectivity index (χ0n) is 11.4. The van der Waals surface area contributed by atoms with E-state index >= 15 is 0 Å². The summed E-state index contributed by atoms with van der Waals surface area (Å²) in [5.74, 6) is 5.24. The first kappa shape index (κ1) is 16.5. The van der Waals surface area contributed by atoms with E-state index in [1.165, 1.54) is 7.11 Å². The van der Waals surface area contributed by atoms with E-state index < -0.39 is 10.2 Å². The number of anilines is 1. The number of rotatable bonds is 6. The molecule has 0 unspecified atom stereocenters. The predicted molar refractivity (Wildman–Crippen MR) is 77.6 cm³/mol. The maximum atomic E-state index is 11.8. The van der Waals surface area contributed by atoms with Crippen molar-refractivity contribution >= 4 is 15.9 Å². The second-order valence-electron chi connectivity index (χ2n) is 3.98. The summed E-state index contributed by atoms with van der Waals surface area (Å²) in [6.07, 6.45) is 0. The van der Waals surface area contributed by atoms with Crippen molar-refractivity contribution < 1.29 is 18.3 Å². The monoisotopic (exact) mass is 298 g/mol. The molecular formula is C13H18N2O4S. The fraction of sp³-hybridized carbons (Fsp3) is 0.385. The van der Waals surface area contributed by atoms with Crippen LogP contribution in [0.15, 0.2) is 18.2 Å². The molecule has 0 aliphatic heterocycles. The maximum Gasteiger partial charge on any atom is 0.299 e. The summed E-state index contributed by atoms with van der Waals surface area (Å²) in [5, 5.41) is 8.65. The van der Waals surface area contributed by atoms with Gasteiger partial charge in [-0.1, -0.05) is 17.9 Å². The third-order valence-corrected chi connectivity index (χ3v) is 3.46. The minimum absolute atomic E-state index is 0.189. The molecule has 0 saturated heterocycles. The molecule has 6 nitrogen and oxygen atoms in total. The Bertz CT molecular complexity index is 603. The Morgan fingerprint density at radius 3 is 2.80 bits per heavy atom. The van der Waals surface area contributed by atoms with Crippen molar-refractivity contribution in [2.24, 2.45) is 0 Å². The van der Waals surface area contributed by atoms with Crippen LogP contribution in [0.4, 0.5) is 5.69 Å². The minimum Gasteiger partial charge on any atom is -0.384 e. The molecular weight excluding hydrogens is 280 g/mol. The van der Waals surface area contributed by atoms with Crippen LogP contribution < -0.4 is 9.44 Å². The Labute approximate surface area is 119 Å². The van der Waals surface area contributed by atoms with Gasteiger partial charge in [0.25, 0.3) is 10.2 Å². The standard InChI is InChI=1S/C13H18N2O4S/c1-11-5-6-12(4-3-8-16)10-13(11)15-20(17,18)14-7-9-19-2/h5-6,10,14-16H,7-9H2,1-2H3. The lowest BCUT2D eigenvalue weighted by atomic mass is 10.1. The SMILES string of the molecule is COCCNS(=O)(=O)Nc1cc(C#CCO)ccc1C. The van der Waals surface area contributed by atoms with E-state index in [-0.39, 0.29) is 13.2 Å². The van der Waals surface area contributed by atoms with E-state index in [2.05, 4.69) is 21.3 Å². The molecule has 1 rings (SSSR count). The van der Waals surface area contributed by atoms with Crippen LogP contribution in [0.3, 0.4) is 0 Å². The van der Waals surface area contributed by atoms with Gasteiger partial charge in [0.2, 0.25) is 0 Å². The molecule has 110 valence electrons. The van der Waals surface area contributed by atoms with Crippen LogP contribution in [0.1, 0.15) is 11.1 Å². The Hall–Kier alpha value is -1.59. The van der Waals surface area contributed by atoms with Gasteiger partial charge in [-0.2, -0.15) is 13.1 Å². The average molecular weight is 298 g/mol. The number of benzene rings is 1. The van der Waals surface area contributed by atoms with Gasteiger partial charge < -0.3 is 9.84 Å². The van der Waals surface area contributed by atoms with Gasteiger partial charge in [0.05, 0.1) is 12.3 Å². The van der Waals surface area contributed by atoms with E-state index in [0.29, 0.717) is 17.9 Å². The molecule has 0 saturated carbocycles. The number of methoxy groups -OCH3 is 1. The molecule has 0 fully saturated rings. The highest BCUT2D eigenvalue weighted by Gasteiger charge is 2.10. The molecule has 0 aliphatic carbocycles. The normalized spacial score (nSPS) is 10.8. The number of aliphatic hydroxyl groups is 1. The largest absolute Gasteiger partial charge is 0.384 e. The summed E-state index contributed by atoms with van der Waals surface area (Å²) >= 11 is 0. The van der Waals surface area contributed by atoms with E-state index in [1.54, 1.807) is 25.1 Å². The topological polar surface area (TPSA) is 87.7 Å². The molecule has 20 heavy (non-hydrogen) atoms. The number of nitrogens with one attached hydrogen (secondary N) is 2. The first-order valence-electron chi connectivity index (χ1n) is 5.95. The molecule has 0 spiro atoms. The van der Waals surface area contributed by atoms with Gasteiger partial charge in [-0.15, -0.1) is 0 Å². The van der Waals surface area contributed by atoms with Crippen LogP contribution in [0.2, 0.25) is 0 Å². The number of hydrogen-bond donors (Lipinski definition) is 3. The summed E-state index contributed by atoms with van der Waals surface area (Å²) in [5.41, 5.74) is 1.84. The highest BCUT2D eigenvalue weighted by atomic mass is 32.2. The molecule has 0 amide bonds. The third-order valence-electron chi connectivity index (χ3n) is 2.39. The van der Waals surface area contributed by atoms with Crippen LogP contribution in [-0.2, 0) is 14.9 Å². The number of aliphatic hydroxyl groups excluding tert-OH is 1. The van der Waals surface area contributed by atoms with Gasteiger partial charge in [0, 0.05) is 19.2 Å². The van der Waals surface area contributed by atoms with Crippen molar-refractivity contribution in [1.29, 1.82) is 0 Å². The Morgan fingerprint density at radius 1 is 1.40 bits per heavy atom. The van der Waals surface area contributed by atoms with Gasteiger partial charge in [-0.05, 0) is 24.6 Å². The quantitative estimate of drug-likeness (QED) is 0.518. The average Bonchev–Trinajstić information content (AvgIpc) is 2.39. The first-order valence-corrected chi connectivity index (χ1v) is 7.43. The van der Waals surface area contributed by atoms with Crippen LogP contribution in [0.5, 0.6) is 0 Å². The lowest BCUT2D eigenvalue weighted by Crippen LogP contribution is -2.32. The van der Waals surface area contributed by atoms with Crippen LogP contribution in [-0.4, -0.2) is 40.4 Å². The highest BCUT2D eigenvalue weighted by molar-refractivity contribution is 7.90. The smallest absolute Gasteiger partial charge is 0.299 e. The molecule has 0 heterocycles. The summed E-state index contributed by atoms with van der Waals surface area (Å²) in [7, 11) is -2.15. The Kier molecular flexibility index (Phi) is 6.48. The molecule has 3 N–H and O–H groups in total. The fourth-order valence-electron chi connectivity index (χ4n) is 1.41. The van der Waals surface area contributed by atoms with E-state index in [9.17, 15) is 8.42 Å². The van der Waals surface area contributed by atoms with Crippen LogP contribution in [0.25, 0.3) is 0 Å². The van der Waals surface area contributed by atoms with Crippen molar-refractivity contribution in [3.63, 3.8) is 0 Å². The summed E-state index contributed by atoms with van der Waals surface area (Å²) in [4.78, 5) is 0. The molecule has 0 radical (unpaired) electrons. The summed E-state index contributed by atoms with van der Waals surface area (Å²) in [6, 6.07) is 5.14. The van der Waals surface area contributed by atoms with Crippen LogP contribution in [0, 0.1) is 18.8 Å². The zero-order chi connectivity index (χ0) is 15.0. The van der Waals surface area contributed by atoms with Gasteiger partial charge in [-0.25, -0.2) is 0 Å². The number of aryl methyl sites for hydroxylation is 1. The Morgan fingerprint density at radius 2 is 2.15 bits per heavy atom. The second kappa shape index (κ2) is 7.87. The van der Waals surface area contributed by atoms with Gasteiger partial charge in [0.1, 0.15) is 6.61 Å². The van der Waals surface area contributed by atoms with E-state index in [4.69, 9.17) is 9.84 Å². The molecule has 0 aromatic heterocycles. The van der Waals surface area contributed by atoms with Crippen molar-refractivity contribution in [3.8, 4) is 11.8 Å². The number of hydrogen-bond acceptors (Lipinski definition) is 4. The highest BCUT2D eigenvalue weighted by Crippen LogP contribution is 2.17. The molecule has 1 aromatic rings. The van der Waals surface area contributed by atoms with Gasteiger partial charge in [-0.3, -0.25) is 4.72 Å². The van der Waals surface area contributed by atoms with Gasteiger partial charge in [0.15, 0.2) is 0 Å². The number of ether oxygens (including phenoxy) is 1. The third kappa shape index (κ3) is 5.59. The summed E-state index contributed by atoms with van der Waals surface area (Å²) < 4.78 is 33.2. The minimum atomic E-state index is -3.64. The van der Waals surface area contributed by atoms with Crippen LogP contribution >= 0.6 is 0 Å². The first-order chi connectivity index (χ1) is 9.48. The zero-order valence-corrected chi connectivity index (χ0v) is 12.3. The van der Waals surface area contributed by atoms with Gasteiger partial charge >= 0.3 is 0 Å². The van der Waals surface area contributed by atoms with Crippen molar-refractivity contribution in [2.75, 3.05) is 31.6 Å². The molecule has 0 bridgehead atoms. The maximum absolute atomic E-state index is 11.8. The van der Waals surface area contributed by atoms with Crippen molar-refractivity contribution in [1.82, 2.24) is 4.72 Å². The molecule has 7 heteroatoms. The second-order valence-corrected chi connectivity index (χ2v) is 5.48. The molecule has 0 atom stereocenters. The molecule has 1 aromatic carbocycles. The van der Waals surface area contributed by atoms with E-state index in [0.717, 1.165) is 5.56 Å². The van der Waals surface area contributed by atoms with Crippen molar-refractivity contribution in [2.45, 2.75) is 6.92 Å². The lowest BCUT2D eigenvalue weighted by Gasteiger charge is -2.11. The molecule has 0 aliphatic rings. The Balaban J connectivity index is 2.85. The van der Waals surface area contributed by atoms with E-state index in [1.807, 2.05) is 0 Å². The predicted octanol–water partition coefficient (Wildman–Crippen LogP) is 0.232.